The maximum atomic E-state index is 13.2. The summed E-state index contributed by atoms with van der Waals surface area (Å²) in [5.74, 6) is -1.29. The Hall–Kier alpha value is -2.91. The fourth-order valence-corrected chi connectivity index (χ4v) is 5.01. The van der Waals surface area contributed by atoms with Gasteiger partial charge in [0.25, 0.3) is 0 Å². The molecule has 0 radical (unpaired) electrons. The Labute approximate surface area is 173 Å². The van der Waals surface area contributed by atoms with Crippen LogP contribution in [-0.4, -0.2) is 36.4 Å². The summed E-state index contributed by atoms with van der Waals surface area (Å²) in [6.07, 6.45) is 1.32. The van der Waals surface area contributed by atoms with Crippen LogP contribution in [0.15, 0.2) is 56.6 Å². The molecule has 0 fully saturated rings. The summed E-state index contributed by atoms with van der Waals surface area (Å²) in [5.41, 5.74) is 2.59. The van der Waals surface area contributed by atoms with Gasteiger partial charge in [0.15, 0.2) is 5.58 Å². The van der Waals surface area contributed by atoms with E-state index >= 15 is 0 Å². The standard InChI is InChI=1S/C21H22N2O6S/c1-2-11-28-20(24)14-23-18-8-7-17(12-19(18)29-21(23)25)30(26,27)22-10-9-15-5-3-4-6-16(15)13-22/h3-8,12H,2,9-11,13-14H2,1H3. The van der Waals surface area contributed by atoms with Gasteiger partial charge in [0.05, 0.1) is 17.0 Å². The fraction of sp³-hybridized carbons (Fsp3) is 0.333. The maximum absolute atomic E-state index is 13.2. The second-order valence-electron chi connectivity index (χ2n) is 7.16. The zero-order valence-electron chi connectivity index (χ0n) is 16.5. The molecule has 0 atom stereocenters. The smallest absolute Gasteiger partial charge is 0.420 e. The first kappa shape index (κ1) is 20.4. The number of carbonyl (C=O) groups is 1. The van der Waals surface area contributed by atoms with Gasteiger partial charge in [-0.2, -0.15) is 4.31 Å². The summed E-state index contributed by atoms with van der Waals surface area (Å²) in [6, 6.07) is 12.0. The van der Waals surface area contributed by atoms with Crippen molar-refractivity contribution in [1.82, 2.24) is 8.87 Å². The molecule has 3 aromatic rings. The highest BCUT2D eigenvalue weighted by Crippen LogP contribution is 2.26. The lowest BCUT2D eigenvalue weighted by molar-refractivity contribution is -0.144. The molecule has 0 saturated heterocycles. The highest BCUT2D eigenvalue weighted by Gasteiger charge is 2.29. The second-order valence-corrected chi connectivity index (χ2v) is 9.10. The molecule has 1 aliphatic heterocycles. The first-order valence-corrected chi connectivity index (χ1v) is 11.2. The number of nitrogens with zero attached hydrogens (tertiary/aromatic N) is 2. The molecule has 0 amide bonds. The van der Waals surface area contributed by atoms with Gasteiger partial charge in [-0.25, -0.2) is 13.2 Å². The first-order chi connectivity index (χ1) is 14.4. The Balaban J connectivity index is 1.62. The van der Waals surface area contributed by atoms with Gasteiger partial charge in [-0.05, 0) is 36.1 Å². The predicted octanol–water partition coefficient (Wildman–Crippen LogP) is 2.29. The van der Waals surface area contributed by atoms with E-state index in [1.807, 2.05) is 31.2 Å². The number of fused-ring (bicyclic) bond motifs is 2. The van der Waals surface area contributed by atoms with Gasteiger partial charge < -0.3 is 9.15 Å². The third-order valence-corrected chi connectivity index (χ3v) is 6.97. The van der Waals surface area contributed by atoms with Gasteiger partial charge in [-0.15, -0.1) is 0 Å². The van der Waals surface area contributed by atoms with Gasteiger partial charge in [-0.1, -0.05) is 31.2 Å². The van der Waals surface area contributed by atoms with E-state index in [-0.39, 0.29) is 23.6 Å². The molecular formula is C21H22N2O6S. The predicted molar refractivity (Wildman–Crippen MR) is 109 cm³/mol. The number of sulfonamides is 1. The summed E-state index contributed by atoms with van der Waals surface area (Å²) in [4.78, 5) is 24.1. The van der Waals surface area contributed by atoms with Crippen LogP contribution in [-0.2, 0) is 39.1 Å². The highest BCUT2D eigenvalue weighted by atomic mass is 32.2. The van der Waals surface area contributed by atoms with Crippen molar-refractivity contribution in [1.29, 1.82) is 0 Å². The summed E-state index contributed by atoms with van der Waals surface area (Å²) >= 11 is 0. The van der Waals surface area contributed by atoms with Crippen LogP contribution >= 0.6 is 0 Å². The van der Waals surface area contributed by atoms with Crippen molar-refractivity contribution in [2.75, 3.05) is 13.2 Å². The van der Waals surface area contributed by atoms with Crippen LogP contribution < -0.4 is 5.76 Å². The number of esters is 1. The average Bonchev–Trinajstić information content (AvgIpc) is 3.06. The molecule has 30 heavy (non-hydrogen) atoms. The van der Waals surface area contributed by atoms with Crippen molar-refractivity contribution < 1.29 is 22.4 Å². The number of oxazole rings is 1. The molecule has 158 valence electrons. The van der Waals surface area contributed by atoms with E-state index in [0.717, 1.165) is 15.7 Å². The molecule has 1 aliphatic rings. The monoisotopic (exact) mass is 430 g/mol. The molecule has 4 rings (SSSR count). The number of hydrogen-bond acceptors (Lipinski definition) is 6. The molecule has 2 aromatic carbocycles. The number of carbonyl (C=O) groups excluding carboxylic acids is 1. The van der Waals surface area contributed by atoms with Crippen molar-refractivity contribution >= 4 is 27.1 Å². The SMILES string of the molecule is CCCOC(=O)Cn1c(=O)oc2cc(S(=O)(=O)N3CCc4ccccc4C3)ccc21. The Morgan fingerprint density at radius 2 is 1.93 bits per heavy atom. The average molecular weight is 430 g/mol. The van der Waals surface area contributed by atoms with E-state index in [1.165, 1.54) is 22.5 Å². The minimum atomic E-state index is -3.76. The van der Waals surface area contributed by atoms with Crippen LogP contribution in [0.4, 0.5) is 0 Å². The number of benzene rings is 2. The zero-order valence-corrected chi connectivity index (χ0v) is 17.4. The van der Waals surface area contributed by atoms with Crippen LogP contribution in [0.1, 0.15) is 24.5 Å². The third-order valence-electron chi connectivity index (χ3n) is 5.13. The lowest BCUT2D eigenvalue weighted by Crippen LogP contribution is -2.35. The van der Waals surface area contributed by atoms with E-state index < -0.39 is 21.7 Å². The van der Waals surface area contributed by atoms with E-state index in [4.69, 9.17) is 9.15 Å². The van der Waals surface area contributed by atoms with Gasteiger partial charge in [-0.3, -0.25) is 9.36 Å². The van der Waals surface area contributed by atoms with Crippen LogP contribution in [0.5, 0.6) is 0 Å². The molecule has 9 heteroatoms. The molecular weight excluding hydrogens is 408 g/mol. The summed E-state index contributed by atoms with van der Waals surface area (Å²) in [5, 5.41) is 0. The van der Waals surface area contributed by atoms with E-state index in [9.17, 15) is 18.0 Å². The lowest BCUT2D eigenvalue weighted by Gasteiger charge is -2.28. The molecule has 0 aliphatic carbocycles. The fourth-order valence-electron chi connectivity index (χ4n) is 3.57. The summed E-state index contributed by atoms with van der Waals surface area (Å²) in [6.45, 7) is 2.53. The topological polar surface area (TPSA) is 98.8 Å². The normalized spacial score (nSPS) is 14.6. The lowest BCUT2D eigenvalue weighted by atomic mass is 10.0. The molecule has 0 spiro atoms. The molecule has 0 unspecified atom stereocenters. The van der Waals surface area contributed by atoms with Gasteiger partial charge >= 0.3 is 11.7 Å². The molecule has 0 N–H and O–H groups in total. The van der Waals surface area contributed by atoms with E-state index in [0.29, 0.717) is 31.4 Å². The van der Waals surface area contributed by atoms with Gasteiger partial charge in [0, 0.05) is 19.2 Å². The summed E-state index contributed by atoms with van der Waals surface area (Å²) in [7, 11) is -3.76. The second kappa shape index (κ2) is 8.08. The van der Waals surface area contributed by atoms with Crippen molar-refractivity contribution in [3.63, 3.8) is 0 Å². The van der Waals surface area contributed by atoms with Crippen molar-refractivity contribution in [3.05, 3.63) is 64.1 Å². The minimum absolute atomic E-state index is 0.0452. The first-order valence-electron chi connectivity index (χ1n) is 9.76. The largest absolute Gasteiger partial charge is 0.464 e. The van der Waals surface area contributed by atoms with Crippen LogP contribution in [0.3, 0.4) is 0 Å². The Kier molecular flexibility index (Phi) is 5.48. The third kappa shape index (κ3) is 3.78. The van der Waals surface area contributed by atoms with Gasteiger partial charge in [0.1, 0.15) is 6.54 Å². The zero-order chi connectivity index (χ0) is 21.3. The van der Waals surface area contributed by atoms with Crippen LogP contribution in [0.25, 0.3) is 11.1 Å². The summed E-state index contributed by atoms with van der Waals surface area (Å²) < 4.78 is 39.1. The molecule has 8 nitrogen and oxygen atoms in total. The number of hydrogen-bond donors (Lipinski definition) is 0. The Morgan fingerprint density at radius 1 is 1.17 bits per heavy atom. The Bertz CT molecular complexity index is 1260. The number of ether oxygens (including phenoxy) is 1. The van der Waals surface area contributed by atoms with Crippen molar-refractivity contribution in [3.8, 4) is 0 Å². The molecule has 0 bridgehead atoms. The highest BCUT2D eigenvalue weighted by molar-refractivity contribution is 7.89. The van der Waals surface area contributed by atoms with Crippen molar-refractivity contribution in [2.24, 2.45) is 0 Å². The maximum Gasteiger partial charge on any atom is 0.420 e. The van der Waals surface area contributed by atoms with Crippen molar-refractivity contribution in [2.45, 2.75) is 37.8 Å². The Morgan fingerprint density at radius 3 is 2.70 bits per heavy atom. The van der Waals surface area contributed by atoms with Gasteiger partial charge in [0.2, 0.25) is 10.0 Å². The van der Waals surface area contributed by atoms with E-state index in [2.05, 4.69) is 0 Å². The number of rotatable bonds is 6. The molecule has 0 saturated carbocycles. The molecule has 2 heterocycles. The molecule has 1 aromatic heterocycles. The minimum Gasteiger partial charge on any atom is -0.464 e. The van der Waals surface area contributed by atoms with Crippen LogP contribution in [0, 0.1) is 0 Å². The van der Waals surface area contributed by atoms with E-state index in [1.54, 1.807) is 0 Å². The number of aromatic nitrogens is 1. The van der Waals surface area contributed by atoms with Crippen LogP contribution in [0.2, 0.25) is 0 Å². The quantitative estimate of drug-likeness (QED) is 0.557.